The molecule has 84 valence electrons. The minimum Gasteiger partial charge on any atom is -0.340 e. The van der Waals surface area contributed by atoms with Crippen LogP contribution in [0.4, 0.5) is 15.8 Å². The van der Waals surface area contributed by atoms with Crippen molar-refractivity contribution in [1.82, 2.24) is 4.98 Å². The Morgan fingerprint density at radius 2 is 2.00 bits per heavy atom. The van der Waals surface area contributed by atoms with Crippen LogP contribution in [0, 0.1) is 17.1 Å². The monoisotopic (exact) mass is 227 g/mol. The number of nitrogens with zero attached hydrogens (tertiary/aromatic N) is 3. The van der Waals surface area contributed by atoms with E-state index in [1.54, 1.807) is 42.4 Å². The number of nitriles is 1. The molecule has 3 nitrogen and oxygen atoms in total. The predicted octanol–water partition coefficient (Wildman–Crippen LogP) is 2.86. The number of benzene rings is 1. The first-order valence-electron chi connectivity index (χ1n) is 5.06. The van der Waals surface area contributed by atoms with Crippen LogP contribution in [0.3, 0.4) is 0 Å². The van der Waals surface area contributed by atoms with Gasteiger partial charge in [-0.2, -0.15) is 5.26 Å². The fourth-order valence-electron chi connectivity index (χ4n) is 1.60. The lowest BCUT2D eigenvalue weighted by Gasteiger charge is -2.20. The highest BCUT2D eigenvalue weighted by Gasteiger charge is 2.12. The molecule has 17 heavy (non-hydrogen) atoms. The molecule has 0 saturated carbocycles. The highest BCUT2D eigenvalue weighted by Crippen LogP contribution is 2.27. The van der Waals surface area contributed by atoms with Crippen LogP contribution in [0.25, 0.3) is 0 Å². The van der Waals surface area contributed by atoms with Crippen LogP contribution < -0.4 is 4.90 Å². The van der Waals surface area contributed by atoms with Gasteiger partial charge in [0, 0.05) is 13.2 Å². The van der Waals surface area contributed by atoms with Crippen molar-refractivity contribution >= 4 is 11.4 Å². The Hall–Kier alpha value is -2.41. The highest BCUT2D eigenvalue weighted by molar-refractivity contribution is 5.67. The molecule has 0 saturated heterocycles. The molecule has 1 aromatic carbocycles. The quantitative estimate of drug-likeness (QED) is 0.792. The smallest absolute Gasteiger partial charge is 0.146 e. The number of pyridine rings is 1. The summed E-state index contributed by atoms with van der Waals surface area (Å²) in [5.74, 6) is -0.331. The summed E-state index contributed by atoms with van der Waals surface area (Å²) in [7, 11) is 1.70. The van der Waals surface area contributed by atoms with Gasteiger partial charge < -0.3 is 4.90 Å². The van der Waals surface area contributed by atoms with E-state index in [0.717, 1.165) is 0 Å². The second-order valence-electron chi connectivity index (χ2n) is 3.52. The van der Waals surface area contributed by atoms with E-state index in [9.17, 15) is 4.39 Å². The molecule has 0 N–H and O–H groups in total. The van der Waals surface area contributed by atoms with Gasteiger partial charge in [0.05, 0.1) is 23.1 Å². The van der Waals surface area contributed by atoms with Crippen LogP contribution in [-0.2, 0) is 0 Å². The van der Waals surface area contributed by atoms with Crippen molar-refractivity contribution in [3.63, 3.8) is 0 Å². The summed E-state index contributed by atoms with van der Waals surface area (Å²) in [6.07, 6.45) is 3.09. The Labute approximate surface area is 98.8 Å². The SMILES string of the molecule is CN(c1ccccc1F)c1cnccc1C#N. The molecule has 0 aliphatic heterocycles. The molecule has 2 aromatic rings. The lowest BCUT2D eigenvalue weighted by molar-refractivity contribution is 0.627. The molecule has 0 unspecified atom stereocenters. The van der Waals surface area contributed by atoms with E-state index >= 15 is 0 Å². The van der Waals surface area contributed by atoms with Gasteiger partial charge in [-0.05, 0) is 18.2 Å². The molecule has 0 fully saturated rings. The van der Waals surface area contributed by atoms with Gasteiger partial charge in [0.2, 0.25) is 0 Å². The molecule has 1 aromatic heterocycles. The van der Waals surface area contributed by atoms with Crippen molar-refractivity contribution in [3.05, 3.63) is 54.1 Å². The zero-order valence-electron chi connectivity index (χ0n) is 9.26. The van der Waals surface area contributed by atoms with Crippen molar-refractivity contribution < 1.29 is 4.39 Å². The van der Waals surface area contributed by atoms with Crippen molar-refractivity contribution in [3.8, 4) is 6.07 Å². The molecule has 0 radical (unpaired) electrons. The number of para-hydroxylation sites is 1. The van der Waals surface area contributed by atoms with Crippen LogP contribution in [0.2, 0.25) is 0 Å². The van der Waals surface area contributed by atoms with Crippen molar-refractivity contribution in [2.45, 2.75) is 0 Å². The summed E-state index contributed by atoms with van der Waals surface area (Å²) in [5, 5.41) is 8.99. The van der Waals surface area contributed by atoms with Gasteiger partial charge in [-0.15, -0.1) is 0 Å². The van der Waals surface area contributed by atoms with Crippen molar-refractivity contribution in [1.29, 1.82) is 5.26 Å². The fraction of sp³-hybridized carbons (Fsp3) is 0.0769. The Balaban J connectivity index is 2.48. The van der Waals surface area contributed by atoms with Gasteiger partial charge >= 0.3 is 0 Å². The largest absolute Gasteiger partial charge is 0.340 e. The van der Waals surface area contributed by atoms with Gasteiger partial charge in [0.1, 0.15) is 11.9 Å². The third kappa shape index (κ3) is 2.08. The first kappa shape index (κ1) is 11.1. The number of hydrogen-bond donors (Lipinski definition) is 0. The van der Waals surface area contributed by atoms with E-state index < -0.39 is 0 Å². The summed E-state index contributed by atoms with van der Waals surface area (Å²) in [5.41, 5.74) is 1.46. The summed E-state index contributed by atoms with van der Waals surface area (Å²) >= 11 is 0. The van der Waals surface area contributed by atoms with Crippen molar-refractivity contribution in [2.24, 2.45) is 0 Å². The van der Waals surface area contributed by atoms with E-state index in [0.29, 0.717) is 16.9 Å². The molecule has 0 aliphatic rings. The van der Waals surface area contributed by atoms with Gasteiger partial charge in [0.15, 0.2) is 0 Å². The van der Waals surface area contributed by atoms with E-state index in [-0.39, 0.29) is 5.82 Å². The number of aromatic nitrogens is 1. The van der Waals surface area contributed by atoms with E-state index in [4.69, 9.17) is 5.26 Å². The third-order valence-corrected chi connectivity index (χ3v) is 2.50. The van der Waals surface area contributed by atoms with Crippen LogP contribution in [0.5, 0.6) is 0 Å². The molecule has 0 spiro atoms. The normalized spacial score (nSPS) is 9.71. The fourth-order valence-corrected chi connectivity index (χ4v) is 1.60. The summed E-state index contributed by atoms with van der Waals surface area (Å²) in [4.78, 5) is 5.57. The summed E-state index contributed by atoms with van der Waals surface area (Å²) < 4.78 is 13.6. The Bertz CT molecular complexity index is 575. The minimum atomic E-state index is -0.331. The molecule has 4 heteroatoms. The second-order valence-corrected chi connectivity index (χ2v) is 3.52. The van der Waals surface area contributed by atoms with E-state index in [2.05, 4.69) is 11.1 Å². The maximum atomic E-state index is 13.6. The highest BCUT2D eigenvalue weighted by atomic mass is 19.1. The van der Waals surface area contributed by atoms with Crippen molar-refractivity contribution in [2.75, 3.05) is 11.9 Å². The Morgan fingerprint density at radius 1 is 1.24 bits per heavy atom. The van der Waals surface area contributed by atoms with E-state index in [1.807, 2.05) is 0 Å². The van der Waals surface area contributed by atoms with Crippen LogP contribution in [0.15, 0.2) is 42.7 Å². The van der Waals surface area contributed by atoms with Gasteiger partial charge in [-0.25, -0.2) is 4.39 Å². The molecule has 0 bridgehead atoms. The number of hydrogen-bond acceptors (Lipinski definition) is 3. The molecule has 0 amide bonds. The number of rotatable bonds is 2. The molecule has 0 aliphatic carbocycles. The van der Waals surface area contributed by atoms with Gasteiger partial charge in [-0.1, -0.05) is 12.1 Å². The Morgan fingerprint density at radius 3 is 2.71 bits per heavy atom. The number of halogens is 1. The molecular formula is C13H10FN3. The third-order valence-electron chi connectivity index (χ3n) is 2.50. The number of anilines is 2. The van der Waals surface area contributed by atoms with E-state index in [1.165, 1.54) is 12.3 Å². The zero-order valence-corrected chi connectivity index (χ0v) is 9.26. The summed E-state index contributed by atoms with van der Waals surface area (Å²) in [6, 6.07) is 10.1. The lowest BCUT2D eigenvalue weighted by Crippen LogP contribution is -2.12. The first-order chi connectivity index (χ1) is 8.24. The first-order valence-corrected chi connectivity index (χ1v) is 5.06. The predicted molar refractivity (Wildman–Crippen MR) is 63.4 cm³/mol. The summed E-state index contributed by atoms with van der Waals surface area (Å²) in [6.45, 7) is 0. The second kappa shape index (κ2) is 4.62. The average Bonchev–Trinajstić information content (AvgIpc) is 2.38. The maximum Gasteiger partial charge on any atom is 0.146 e. The molecule has 2 rings (SSSR count). The molecule has 0 atom stereocenters. The minimum absolute atomic E-state index is 0.331. The maximum absolute atomic E-state index is 13.6. The van der Waals surface area contributed by atoms with Gasteiger partial charge in [-0.3, -0.25) is 4.98 Å². The Kier molecular flexibility index (Phi) is 3.01. The molecular weight excluding hydrogens is 217 g/mol. The van der Waals surface area contributed by atoms with Crippen LogP contribution in [-0.4, -0.2) is 12.0 Å². The van der Waals surface area contributed by atoms with Crippen LogP contribution in [0.1, 0.15) is 5.56 Å². The van der Waals surface area contributed by atoms with Gasteiger partial charge in [0.25, 0.3) is 0 Å². The average molecular weight is 227 g/mol. The standard InChI is InChI=1S/C13H10FN3/c1-17(12-5-3-2-4-11(12)14)13-9-16-7-6-10(13)8-15/h2-7,9H,1H3. The lowest BCUT2D eigenvalue weighted by atomic mass is 10.2. The zero-order chi connectivity index (χ0) is 12.3. The van der Waals surface area contributed by atoms with Crippen LogP contribution >= 0.6 is 0 Å². The topological polar surface area (TPSA) is 39.9 Å². The molecule has 1 heterocycles.